The lowest BCUT2D eigenvalue weighted by Gasteiger charge is -2.31. The Morgan fingerprint density at radius 1 is 1.32 bits per heavy atom. The molecule has 1 N–H and O–H groups in total. The summed E-state index contributed by atoms with van der Waals surface area (Å²) >= 11 is 0. The number of nitrogens with zero attached hydrogens (tertiary/aromatic N) is 2. The quantitative estimate of drug-likeness (QED) is 0.900. The van der Waals surface area contributed by atoms with E-state index >= 15 is 0 Å². The van der Waals surface area contributed by atoms with Gasteiger partial charge in [0, 0.05) is 12.5 Å². The number of aliphatic hydroxyl groups excluding tert-OH is 1. The molecule has 0 spiro atoms. The molecule has 0 fully saturated rings. The first-order valence-corrected chi connectivity index (χ1v) is 6.78. The van der Waals surface area contributed by atoms with E-state index in [1.807, 2.05) is 37.3 Å². The van der Waals surface area contributed by atoms with Crippen molar-refractivity contribution >= 4 is 11.6 Å². The molecule has 1 amide bonds. The number of unbranched alkanes of at least 4 members (excludes halogenated alkanes) is 1. The van der Waals surface area contributed by atoms with E-state index in [1.54, 1.807) is 0 Å². The molecule has 1 aliphatic rings. The van der Waals surface area contributed by atoms with Gasteiger partial charge in [-0.1, -0.05) is 50.6 Å². The van der Waals surface area contributed by atoms with Crippen molar-refractivity contribution in [3.63, 3.8) is 0 Å². The van der Waals surface area contributed by atoms with Crippen LogP contribution in [0, 0.1) is 5.92 Å². The minimum Gasteiger partial charge on any atom is -0.382 e. The highest BCUT2D eigenvalue weighted by molar-refractivity contribution is 6.07. The summed E-state index contributed by atoms with van der Waals surface area (Å²) in [5.74, 6) is -0.562. The summed E-state index contributed by atoms with van der Waals surface area (Å²) in [6, 6.07) is 9.72. The Kier molecular flexibility index (Phi) is 4.32. The van der Waals surface area contributed by atoms with Crippen molar-refractivity contribution in [2.75, 3.05) is 6.54 Å². The maximum Gasteiger partial charge on any atom is 0.272 e. The van der Waals surface area contributed by atoms with E-state index in [4.69, 9.17) is 0 Å². The Hall–Kier alpha value is -1.68. The predicted molar refractivity (Wildman–Crippen MR) is 74.8 cm³/mol. The molecule has 1 heterocycles. The lowest BCUT2D eigenvalue weighted by atomic mass is 9.91. The van der Waals surface area contributed by atoms with Crippen molar-refractivity contribution in [3.05, 3.63) is 35.9 Å². The topological polar surface area (TPSA) is 52.9 Å². The van der Waals surface area contributed by atoms with E-state index in [1.165, 1.54) is 5.01 Å². The summed E-state index contributed by atoms with van der Waals surface area (Å²) < 4.78 is 0. The second kappa shape index (κ2) is 5.97. The molecule has 0 radical (unpaired) electrons. The van der Waals surface area contributed by atoms with Crippen LogP contribution in [0.1, 0.15) is 32.3 Å². The van der Waals surface area contributed by atoms with Gasteiger partial charge in [0.1, 0.15) is 6.10 Å². The summed E-state index contributed by atoms with van der Waals surface area (Å²) in [5, 5.41) is 15.9. The van der Waals surface area contributed by atoms with Gasteiger partial charge in [0.05, 0.1) is 5.71 Å². The van der Waals surface area contributed by atoms with E-state index in [0.29, 0.717) is 6.54 Å². The van der Waals surface area contributed by atoms with Crippen LogP contribution in [0.4, 0.5) is 0 Å². The average Bonchev–Trinajstić information content (AvgIpc) is 2.45. The van der Waals surface area contributed by atoms with Gasteiger partial charge in [-0.25, -0.2) is 5.01 Å². The number of aliphatic hydroxyl groups is 1. The third-order valence-electron chi connectivity index (χ3n) is 3.43. The molecular formula is C15H20N2O2. The fraction of sp³-hybridized carbons (Fsp3) is 0.467. The van der Waals surface area contributed by atoms with Gasteiger partial charge in [0.25, 0.3) is 5.91 Å². The second-order valence-electron chi connectivity index (χ2n) is 4.90. The molecule has 0 aliphatic carbocycles. The highest BCUT2D eigenvalue weighted by Crippen LogP contribution is 2.21. The zero-order valence-electron chi connectivity index (χ0n) is 11.4. The molecule has 1 aromatic rings. The SMILES string of the molecule is CCCCN1N=C(c2ccccc2)C(C)C(O)C1=O. The summed E-state index contributed by atoms with van der Waals surface area (Å²) in [7, 11) is 0. The Balaban J connectivity index is 2.31. The highest BCUT2D eigenvalue weighted by atomic mass is 16.3. The van der Waals surface area contributed by atoms with Gasteiger partial charge in [0.15, 0.2) is 0 Å². The number of hydrogen-bond acceptors (Lipinski definition) is 3. The largest absolute Gasteiger partial charge is 0.382 e. The maximum atomic E-state index is 12.0. The van der Waals surface area contributed by atoms with Crippen LogP contribution in [-0.4, -0.2) is 34.4 Å². The molecule has 1 aliphatic heterocycles. The Morgan fingerprint density at radius 2 is 2.00 bits per heavy atom. The van der Waals surface area contributed by atoms with Crippen LogP contribution in [0.2, 0.25) is 0 Å². The summed E-state index contributed by atoms with van der Waals surface area (Å²) in [5.41, 5.74) is 1.74. The van der Waals surface area contributed by atoms with Crippen LogP contribution in [0.15, 0.2) is 35.4 Å². The molecule has 0 saturated heterocycles. The molecule has 102 valence electrons. The first-order valence-electron chi connectivity index (χ1n) is 6.78. The van der Waals surface area contributed by atoms with Crippen molar-refractivity contribution in [1.29, 1.82) is 0 Å². The number of rotatable bonds is 4. The van der Waals surface area contributed by atoms with Crippen LogP contribution in [0.25, 0.3) is 0 Å². The minimum atomic E-state index is -0.996. The molecule has 2 rings (SSSR count). The van der Waals surface area contributed by atoms with Crippen molar-refractivity contribution < 1.29 is 9.90 Å². The number of carbonyl (C=O) groups excluding carboxylic acids is 1. The van der Waals surface area contributed by atoms with E-state index in [-0.39, 0.29) is 11.8 Å². The number of hydrazone groups is 1. The third kappa shape index (κ3) is 2.84. The van der Waals surface area contributed by atoms with E-state index < -0.39 is 6.10 Å². The minimum absolute atomic E-state index is 0.271. The van der Waals surface area contributed by atoms with Crippen LogP contribution in [0.5, 0.6) is 0 Å². The molecule has 0 aromatic heterocycles. The lowest BCUT2D eigenvalue weighted by molar-refractivity contribution is -0.143. The van der Waals surface area contributed by atoms with Gasteiger partial charge in [0.2, 0.25) is 0 Å². The van der Waals surface area contributed by atoms with Crippen molar-refractivity contribution in [1.82, 2.24) is 5.01 Å². The van der Waals surface area contributed by atoms with Crippen LogP contribution < -0.4 is 0 Å². The summed E-state index contributed by atoms with van der Waals surface area (Å²) in [6.07, 6.45) is 0.883. The molecule has 0 bridgehead atoms. The molecule has 4 nitrogen and oxygen atoms in total. The fourth-order valence-electron chi connectivity index (χ4n) is 2.18. The molecule has 0 saturated carbocycles. The highest BCUT2D eigenvalue weighted by Gasteiger charge is 2.35. The van der Waals surface area contributed by atoms with Crippen LogP contribution in [0.3, 0.4) is 0 Å². The van der Waals surface area contributed by atoms with Crippen molar-refractivity contribution in [2.24, 2.45) is 11.0 Å². The van der Waals surface area contributed by atoms with Gasteiger partial charge < -0.3 is 5.11 Å². The third-order valence-corrected chi connectivity index (χ3v) is 3.43. The standard InChI is InChI=1S/C15H20N2O2/c1-3-4-10-17-15(19)14(18)11(2)13(16-17)12-8-6-5-7-9-12/h5-9,11,14,18H,3-4,10H2,1-2H3. The summed E-state index contributed by atoms with van der Waals surface area (Å²) in [6.45, 7) is 4.47. The molecule has 4 heteroatoms. The first-order chi connectivity index (χ1) is 9.15. The zero-order chi connectivity index (χ0) is 13.8. The van der Waals surface area contributed by atoms with Gasteiger partial charge in [-0.2, -0.15) is 5.10 Å². The Bertz CT molecular complexity index is 470. The number of carbonyl (C=O) groups is 1. The first kappa shape index (κ1) is 13.7. The summed E-state index contributed by atoms with van der Waals surface area (Å²) in [4.78, 5) is 12.0. The number of benzene rings is 1. The smallest absolute Gasteiger partial charge is 0.272 e. The molecule has 2 unspecified atom stereocenters. The van der Waals surface area contributed by atoms with Gasteiger partial charge in [-0.05, 0) is 12.0 Å². The fourth-order valence-corrected chi connectivity index (χ4v) is 2.18. The maximum absolute atomic E-state index is 12.0. The Morgan fingerprint density at radius 3 is 2.63 bits per heavy atom. The van der Waals surface area contributed by atoms with Crippen LogP contribution >= 0.6 is 0 Å². The van der Waals surface area contributed by atoms with E-state index in [2.05, 4.69) is 12.0 Å². The van der Waals surface area contributed by atoms with Crippen molar-refractivity contribution in [3.8, 4) is 0 Å². The van der Waals surface area contributed by atoms with Crippen molar-refractivity contribution in [2.45, 2.75) is 32.8 Å². The monoisotopic (exact) mass is 260 g/mol. The molecular weight excluding hydrogens is 240 g/mol. The van der Waals surface area contributed by atoms with Crippen LogP contribution in [-0.2, 0) is 4.79 Å². The average molecular weight is 260 g/mol. The van der Waals surface area contributed by atoms with E-state index in [0.717, 1.165) is 24.1 Å². The van der Waals surface area contributed by atoms with Gasteiger partial charge >= 0.3 is 0 Å². The molecule has 19 heavy (non-hydrogen) atoms. The number of amides is 1. The number of hydrogen-bond donors (Lipinski definition) is 1. The van der Waals surface area contributed by atoms with Gasteiger partial charge in [-0.15, -0.1) is 0 Å². The second-order valence-corrected chi connectivity index (χ2v) is 4.90. The normalized spacial score (nSPS) is 23.4. The zero-order valence-corrected chi connectivity index (χ0v) is 11.4. The molecule has 1 aromatic carbocycles. The Labute approximate surface area is 113 Å². The van der Waals surface area contributed by atoms with Gasteiger partial charge in [-0.3, -0.25) is 4.79 Å². The predicted octanol–water partition coefficient (Wildman–Crippen LogP) is 2.03. The molecule has 2 atom stereocenters. The van der Waals surface area contributed by atoms with E-state index in [9.17, 15) is 9.90 Å². The lowest BCUT2D eigenvalue weighted by Crippen LogP contribution is -2.47.